The van der Waals surface area contributed by atoms with Crippen LogP contribution in [0.3, 0.4) is 0 Å². The molecule has 5 nitrogen and oxygen atoms in total. The van der Waals surface area contributed by atoms with Crippen LogP contribution in [0.15, 0.2) is 24.4 Å². The minimum atomic E-state index is 0.567. The number of anilines is 1. The molecule has 118 valence electrons. The molecule has 2 rings (SSSR count). The van der Waals surface area contributed by atoms with Crippen LogP contribution in [0, 0.1) is 13.8 Å². The number of rotatable bonds is 5. The van der Waals surface area contributed by atoms with E-state index < -0.39 is 0 Å². The SMILES string of the molecule is Cc1cc(OCN(C)C)ccc1-c1c(C)cnnc1N(C)C. The van der Waals surface area contributed by atoms with Gasteiger partial charge in [-0.3, -0.25) is 4.90 Å². The topological polar surface area (TPSA) is 41.5 Å². The van der Waals surface area contributed by atoms with Crippen molar-refractivity contribution in [2.24, 2.45) is 0 Å². The normalized spacial score (nSPS) is 10.9. The third kappa shape index (κ3) is 3.54. The van der Waals surface area contributed by atoms with Gasteiger partial charge in [-0.25, -0.2) is 0 Å². The molecular formula is C17H24N4O. The monoisotopic (exact) mass is 300 g/mol. The average Bonchev–Trinajstić information content (AvgIpc) is 2.45. The summed E-state index contributed by atoms with van der Waals surface area (Å²) in [6, 6.07) is 6.17. The lowest BCUT2D eigenvalue weighted by Crippen LogP contribution is -2.18. The van der Waals surface area contributed by atoms with E-state index in [1.54, 1.807) is 6.20 Å². The van der Waals surface area contributed by atoms with Gasteiger partial charge in [0.1, 0.15) is 12.5 Å². The summed E-state index contributed by atoms with van der Waals surface area (Å²) < 4.78 is 5.73. The van der Waals surface area contributed by atoms with Crippen molar-refractivity contribution in [1.29, 1.82) is 0 Å². The number of aromatic nitrogens is 2. The first-order valence-corrected chi connectivity index (χ1v) is 7.28. The zero-order valence-corrected chi connectivity index (χ0v) is 14.2. The van der Waals surface area contributed by atoms with Gasteiger partial charge in [0.15, 0.2) is 5.82 Å². The van der Waals surface area contributed by atoms with Crippen LogP contribution < -0.4 is 9.64 Å². The highest BCUT2D eigenvalue weighted by Gasteiger charge is 2.14. The van der Waals surface area contributed by atoms with E-state index in [0.29, 0.717) is 6.73 Å². The first-order chi connectivity index (χ1) is 10.4. The second-order valence-electron chi connectivity index (χ2n) is 5.95. The maximum absolute atomic E-state index is 5.73. The number of aryl methyl sites for hydroxylation is 2. The minimum absolute atomic E-state index is 0.567. The van der Waals surface area contributed by atoms with E-state index in [0.717, 1.165) is 33.8 Å². The highest BCUT2D eigenvalue weighted by atomic mass is 16.5. The summed E-state index contributed by atoms with van der Waals surface area (Å²) in [5.74, 6) is 1.76. The quantitative estimate of drug-likeness (QED) is 0.794. The van der Waals surface area contributed by atoms with Crippen molar-refractivity contribution < 1.29 is 4.74 Å². The summed E-state index contributed by atoms with van der Waals surface area (Å²) in [6.07, 6.45) is 1.80. The number of ether oxygens (including phenoxy) is 1. The highest BCUT2D eigenvalue weighted by Crippen LogP contribution is 2.34. The van der Waals surface area contributed by atoms with Crippen molar-refractivity contribution in [2.45, 2.75) is 13.8 Å². The Balaban J connectivity index is 2.42. The Bertz CT molecular complexity index is 653. The Morgan fingerprint density at radius 2 is 1.77 bits per heavy atom. The smallest absolute Gasteiger partial charge is 0.158 e. The molecule has 5 heteroatoms. The number of benzene rings is 1. The van der Waals surface area contributed by atoms with Gasteiger partial charge in [0.2, 0.25) is 0 Å². The van der Waals surface area contributed by atoms with E-state index in [4.69, 9.17) is 4.74 Å². The van der Waals surface area contributed by atoms with Crippen LogP contribution >= 0.6 is 0 Å². The van der Waals surface area contributed by atoms with E-state index in [1.165, 1.54) is 0 Å². The molecule has 0 atom stereocenters. The van der Waals surface area contributed by atoms with E-state index >= 15 is 0 Å². The summed E-state index contributed by atoms with van der Waals surface area (Å²) in [5.41, 5.74) is 4.56. The molecule has 1 aromatic heterocycles. The highest BCUT2D eigenvalue weighted by molar-refractivity contribution is 5.80. The Hall–Kier alpha value is -2.14. The van der Waals surface area contributed by atoms with Crippen molar-refractivity contribution in [1.82, 2.24) is 15.1 Å². The van der Waals surface area contributed by atoms with Crippen LogP contribution in [0.2, 0.25) is 0 Å². The predicted octanol–water partition coefficient (Wildman–Crippen LogP) is 2.72. The van der Waals surface area contributed by atoms with Crippen LogP contribution in [0.1, 0.15) is 11.1 Å². The molecule has 0 saturated carbocycles. The van der Waals surface area contributed by atoms with Crippen molar-refractivity contribution >= 4 is 5.82 Å². The molecule has 0 spiro atoms. The van der Waals surface area contributed by atoms with Gasteiger partial charge in [-0.1, -0.05) is 6.07 Å². The molecule has 0 aliphatic heterocycles. The van der Waals surface area contributed by atoms with Crippen LogP contribution in [-0.2, 0) is 0 Å². The second-order valence-corrected chi connectivity index (χ2v) is 5.95. The zero-order chi connectivity index (χ0) is 16.3. The Morgan fingerprint density at radius 1 is 1.05 bits per heavy atom. The lowest BCUT2D eigenvalue weighted by Gasteiger charge is -2.19. The lowest BCUT2D eigenvalue weighted by atomic mass is 9.97. The number of hydrogen-bond acceptors (Lipinski definition) is 5. The average molecular weight is 300 g/mol. The van der Waals surface area contributed by atoms with Crippen molar-refractivity contribution in [3.63, 3.8) is 0 Å². The molecule has 0 aliphatic rings. The van der Waals surface area contributed by atoms with Gasteiger partial charge in [0.05, 0.1) is 6.20 Å². The van der Waals surface area contributed by atoms with Crippen LogP contribution in [0.25, 0.3) is 11.1 Å². The van der Waals surface area contributed by atoms with Crippen LogP contribution in [-0.4, -0.2) is 50.0 Å². The van der Waals surface area contributed by atoms with E-state index in [-0.39, 0.29) is 0 Å². The molecule has 0 N–H and O–H groups in total. The summed E-state index contributed by atoms with van der Waals surface area (Å²) in [5, 5.41) is 8.34. The fourth-order valence-corrected chi connectivity index (χ4v) is 2.32. The van der Waals surface area contributed by atoms with Crippen molar-refractivity contribution in [3.05, 3.63) is 35.5 Å². The molecule has 0 amide bonds. The van der Waals surface area contributed by atoms with Gasteiger partial charge in [0, 0.05) is 19.7 Å². The predicted molar refractivity (Wildman–Crippen MR) is 90.5 cm³/mol. The van der Waals surface area contributed by atoms with E-state index in [9.17, 15) is 0 Å². The molecule has 0 unspecified atom stereocenters. The molecule has 1 aromatic carbocycles. The summed E-state index contributed by atoms with van der Waals surface area (Å²) in [4.78, 5) is 3.98. The maximum Gasteiger partial charge on any atom is 0.158 e. The van der Waals surface area contributed by atoms with Gasteiger partial charge in [-0.05, 0) is 56.8 Å². The van der Waals surface area contributed by atoms with Gasteiger partial charge in [-0.2, -0.15) is 5.10 Å². The summed E-state index contributed by atoms with van der Waals surface area (Å²) in [6.45, 7) is 4.72. The molecule has 0 fully saturated rings. The van der Waals surface area contributed by atoms with Crippen LogP contribution in [0.4, 0.5) is 5.82 Å². The number of nitrogens with zero attached hydrogens (tertiary/aromatic N) is 4. The Labute approximate surface area is 132 Å². The van der Waals surface area contributed by atoms with Gasteiger partial charge < -0.3 is 9.64 Å². The fourth-order valence-electron chi connectivity index (χ4n) is 2.32. The Morgan fingerprint density at radius 3 is 2.36 bits per heavy atom. The molecule has 22 heavy (non-hydrogen) atoms. The summed E-state index contributed by atoms with van der Waals surface area (Å²) in [7, 11) is 7.93. The third-order valence-corrected chi connectivity index (χ3v) is 3.40. The molecule has 0 saturated heterocycles. The molecule has 0 bridgehead atoms. The third-order valence-electron chi connectivity index (χ3n) is 3.40. The second kappa shape index (κ2) is 6.75. The number of hydrogen-bond donors (Lipinski definition) is 0. The van der Waals surface area contributed by atoms with Gasteiger partial charge in [-0.15, -0.1) is 5.10 Å². The Kier molecular flexibility index (Phi) is 4.98. The van der Waals surface area contributed by atoms with Gasteiger partial charge >= 0.3 is 0 Å². The first kappa shape index (κ1) is 16.2. The molecular weight excluding hydrogens is 276 g/mol. The fraction of sp³-hybridized carbons (Fsp3) is 0.412. The van der Waals surface area contributed by atoms with Crippen LogP contribution in [0.5, 0.6) is 5.75 Å². The molecule has 1 heterocycles. The van der Waals surface area contributed by atoms with E-state index in [2.05, 4.69) is 36.2 Å². The van der Waals surface area contributed by atoms with Crippen molar-refractivity contribution in [3.8, 4) is 16.9 Å². The minimum Gasteiger partial charge on any atom is -0.478 e. The lowest BCUT2D eigenvalue weighted by molar-refractivity contribution is 0.179. The van der Waals surface area contributed by atoms with E-state index in [1.807, 2.05) is 44.1 Å². The molecule has 2 aromatic rings. The molecule has 0 aliphatic carbocycles. The zero-order valence-electron chi connectivity index (χ0n) is 14.2. The maximum atomic E-state index is 5.73. The largest absolute Gasteiger partial charge is 0.478 e. The van der Waals surface area contributed by atoms with Crippen molar-refractivity contribution in [2.75, 3.05) is 39.8 Å². The van der Waals surface area contributed by atoms with Gasteiger partial charge in [0.25, 0.3) is 0 Å². The molecule has 0 radical (unpaired) electrons. The summed E-state index contributed by atoms with van der Waals surface area (Å²) >= 11 is 0. The standard InChI is InChI=1S/C17H24N4O/c1-12-9-14(22-11-20(3)4)7-8-15(12)16-13(2)10-18-19-17(16)21(5)6/h7-10H,11H2,1-6H3. The first-order valence-electron chi connectivity index (χ1n) is 7.28.